The molecule has 0 aromatic rings. The van der Waals surface area contributed by atoms with Crippen LogP contribution in [0.5, 0.6) is 0 Å². The second-order valence-electron chi connectivity index (χ2n) is 2.06. The molecular formula is C5H7N3O2. The molecule has 2 N–H and O–H groups in total. The number of rotatable bonds is 1. The minimum absolute atomic E-state index is 0.148. The number of nitrogens with zero attached hydrogens (tertiary/aromatic N) is 2. The van der Waals surface area contributed by atoms with Crippen molar-refractivity contribution in [3.05, 3.63) is 22.0 Å². The molecule has 1 aliphatic rings. The van der Waals surface area contributed by atoms with Gasteiger partial charge in [0.15, 0.2) is 0 Å². The predicted molar refractivity (Wildman–Crippen MR) is 36.2 cm³/mol. The third kappa shape index (κ3) is 1.03. The summed E-state index contributed by atoms with van der Waals surface area (Å²) >= 11 is 0. The fourth-order valence-electron chi connectivity index (χ4n) is 0.675. The highest BCUT2D eigenvalue weighted by atomic mass is 16.6. The summed E-state index contributed by atoms with van der Waals surface area (Å²) in [6, 6.07) is -0.375. The van der Waals surface area contributed by atoms with Gasteiger partial charge in [-0.2, -0.15) is 0 Å². The quantitative estimate of drug-likeness (QED) is 0.409. The molecule has 0 fully saturated rings. The van der Waals surface area contributed by atoms with Crippen molar-refractivity contribution in [1.29, 1.82) is 0 Å². The average molecular weight is 141 g/mol. The molecule has 0 aromatic carbocycles. The highest BCUT2D eigenvalue weighted by Crippen LogP contribution is 2.08. The number of hydrogen-bond donors (Lipinski definition) is 1. The maximum Gasteiger partial charge on any atom is 0.361 e. The largest absolute Gasteiger partial charge is 0.361 e. The maximum absolute atomic E-state index is 10.1. The van der Waals surface area contributed by atoms with Gasteiger partial charge < -0.3 is 15.8 Å². The highest BCUT2D eigenvalue weighted by molar-refractivity contribution is 5.91. The van der Waals surface area contributed by atoms with Crippen LogP contribution in [0.15, 0.2) is 16.9 Å². The standard InChI is InChI=1S/C5H7N3O2/c1-3-4(6)2-5(7-3)8(9)10/h2,4H,6H2,1H3. The van der Waals surface area contributed by atoms with Crippen LogP contribution in [0.1, 0.15) is 6.92 Å². The van der Waals surface area contributed by atoms with E-state index >= 15 is 0 Å². The van der Waals surface area contributed by atoms with Crippen molar-refractivity contribution < 1.29 is 4.92 Å². The van der Waals surface area contributed by atoms with E-state index in [1.807, 2.05) is 0 Å². The van der Waals surface area contributed by atoms with Gasteiger partial charge in [0.2, 0.25) is 0 Å². The maximum atomic E-state index is 10.1. The molecule has 0 aromatic heterocycles. The SMILES string of the molecule is CC1=NC([N+](=O)[O-])=CC1N. The van der Waals surface area contributed by atoms with E-state index in [9.17, 15) is 10.1 Å². The molecule has 0 saturated carbocycles. The number of hydrogen-bond acceptors (Lipinski definition) is 4. The fourth-order valence-corrected chi connectivity index (χ4v) is 0.675. The molecule has 0 spiro atoms. The van der Waals surface area contributed by atoms with Crippen LogP contribution >= 0.6 is 0 Å². The van der Waals surface area contributed by atoms with Crippen molar-refractivity contribution in [3.8, 4) is 0 Å². The van der Waals surface area contributed by atoms with Crippen LogP contribution in [0.25, 0.3) is 0 Å². The minimum atomic E-state index is -0.545. The molecule has 1 heterocycles. The molecule has 1 atom stereocenters. The van der Waals surface area contributed by atoms with Crippen LogP contribution in [-0.2, 0) is 0 Å². The molecule has 0 bridgehead atoms. The molecule has 0 amide bonds. The van der Waals surface area contributed by atoms with Gasteiger partial charge in [0.25, 0.3) is 0 Å². The molecule has 0 saturated heterocycles. The van der Waals surface area contributed by atoms with Gasteiger partial charge >= 0.3 is 5.82 Å². The van der Waals surface area contributed by atoms with Crippen LogP contribution in [-0.4, -0.2) is 16.7 Å². The zero-order chi connectivity index (χ0) is 7.72. The van der Waals surface area contributed by atoms with Crippen molar-refractivity contribution in [3.63, 3.8) is 0 Å². The summed E-state index contributed by atoms with van der Waals surface area (Å²) in [5.74, 6) is -0.148. The van der Waals surface area contributed by atoms with Gasteiger partial charge in [0.05, 0.1) is 6.04 Å². The Morgan fingerprint density at radius 2 is 2.50 bits per heavy atom. The highest BCUT2D eigenvalue weighted by Gasteiger charge is 2.23. The summed E-state index contributed by atoms with van der Waals surface area (Å²) in [4.78, 5) is 13.1. The summed E-state index contributed by atoms with van der Waals surface area (Å²) in [6.07, 6.45) is 1.33. The Balaban J connectivity index is 2.85. The lowest BCUT2D eigenvalue weighted by molar-refractivity contribution is -0.425. The Hall–Kier alpha value is -1.23. The van der Waals surface area contributed by atoms with E-state index in [2.05, 4.69) is 4.99 Å². The van der Waals surface area contributed by atoms with Gasteiger partial charge in [0, 0.05) is 6.08 Å². The summed E-state index contributed by atoms with van der Waals surface area (Å²) in [6.45, 7) is 1.66. The zero-order valence-corrected chi connectivity index (χ0v) is 5.44. The van der Waals surface area contributed by atoms with E-state index < -0.39 is 4.92 Å². The molecule has 1 unspecified atom stereocenters. The van der Waals surface area contributed by atoms with Crippen molar-refractivity contribution in [2.24, 2.45) is 10.7 Å². The van der Waals surface area contributed by atoms with Gasteiger partial charge in [-0.1, -0.05) is 0 Å². The topological polar surface area (TPSA) is 81.5 Å². The smallest absolute Gasteiger partial charge is 0.358 e. The number of nitro groups is 1. The van der Waals surface area contributed by atoms with Gasteiger partial charge in [0.1, 0.15) is 5.71 Å². The summed E-state index contributed by atoms with van der Waals surface area (Å²) in [5, 5.41) is 10.1. The third-order valence-electron chi connectivity index (χ3n) is 1.29. The van der Waals surface area contributed by atoms with E-state index in [1.165, 1.54) is 6.08 Å². The Morgan fingerprint density at radius 3 is 2.70 bits per heavy atom. The molecule has 54 valence electrons. The number of nitrogens with two attached hydrogens (primary N) is 1. The average Bonchev–Trinajstić information content (AvgIpc) is 2.13. The van der Waals surface area contributed by atoms with E-state index in [0.29, 0.717) is 5.71 Å². The van der Waals surface area contributed by atoms with E-state index in [4.69, 9.17) is 5.73 Å². The first-order chi connectivity index (χ1) is 4.61. The Labute approximate surface area is 57.4 Å². The van der Waals surface area contributed by atoms with E-state index in [-0.39, 0.29) is 11.9 Å². The molecule has 1 rings (SSSR count). The van der Waals surface area contributed by atoms with Crippen molar-refractivity contribution in [1.82, 2.24) is 0 Å². The molecule has 0 radical (unpaired) electrons. The Bertz CT molecular complexity index is 231. The molecule has 0 aliphatic carbocycles. The third-order valence-corrected chi connectivity index (χ3v) is 1.29. The van der Waals surface area contributed by atoms with E-state index in [1.54, 1.807) is 6.92 Å². The molecule has 1 aliphatic heterocycles. The summed E-state index contributed by atoms with van der Waals surface area (Å²) in [5.41, 5.74) is 5.98. The van der Waals surface area contributed by atoms with Crippen LogP contribution in [0.3, 0.4) is 0 Å². The molecular weight excluding hydrogens is 134 g/mol. The monoisotopic (exact) mass is 141 g/mol. The van der Waals surface area contributed by atoms with Crippen molar-refractivity contribution in [2.45, 2.75) is 13.0 Å². The lowest BCUT2D eigenvalue weighted by Crippen LogP contribution is -2.22. The van der Waals surface area contributed by atoms with Crippen LogP contribution < -0.4 is 5.73 Å². The van der Waals surface area contributed by atoms with Crippen molar-refractivity contribution in [2.75, 3.05) is 0 Å². The van der Waals surface area contributed by atoms with Crippen LogP contribution in [0, 0.1) is 10.1 Å². The minimum Gasteiger partial charge on any atom is -0.358 e. The normalized spacial score (nSPS) is 24.0. The van der Waals surface area contributed by atoms with E-state index in [0.717, 1.165) is 0 Å². The Kier molecular flexibility index (Phi) is 1.50. The van der Waals surface area contributed by atoms with Gasteiger partial charge in [-0.15, -0.1) is 0 Å². The predicted octanol–water partition coefficient (Wildman–Crippen LogP) is -0.0937. The second kappa shape index (κ2) is 2.18. The molecule has 5 nitrogen and oxygen atoms in total. The Morgan fingerprint density at radius 1 is 1.90 bits per heavy atom. The summed E-state index contributed by atoms with van der Waals surface area (Å²) < 4.78 is 0. The molecule has 5 heteroatoms. The van der Waals surface area contributed by atoms with Gasteiger partial charge in [-0.05, 0) is 16.8 Å². The summed E-state index contributed by atoms with van der Waals surface area (Å²) in [7, 11) is 0. The first kappa shape index (κ1) is 6.88. The lowest BCUT2D eigenvalue weighted by Gasteiger charge is -1.89. The van der Waals surface area contributed by atoms with Gasteiger partial charge in [-0.3, -0.25) is 0 Å². The number of aliphatic imine (C=N–C) groups is 1. The van der Waals surface area contributed by atoms with Crippen LogP contribution in [0.2, 0.25) is 0 Å². The van der Waals surface area contributed by atoms with Crippen molar-refractivity contribution >= 4 is 5.71 Å². The van der Waals surface area contributed by atoms with Crippen LogP contribution in [0.4, 0.5) is 0 Å². The zero-order valence-electron chi connectivity index (χ0n) is 5.44. The molecule has 10 heavy (non-hydrogen) atoms. The fraction of sp³-hybridized carbons (Fsp3) is 0.400. The second-order valence-corrected chi connectivity index (χ2v) is 2.06. The first-order valence-electron chi connectivity index (χ1n) is 2.78. The van der Waals surface area contributed by atoms with Gasteiger partial charge in [-0.25, -0.2) is 0 Å². The lowest BCUT2D eigenvalue weighted by atomic mass is 10.2. The first-order valence-corrected chi connectivity index (χ1v) is 2.78.